The number of benzene rings is 3. The third kappa shape index (κ3) is 3.15. The van der Waals surface area contributed by atoms with Gasteiger partial charge in [-0.25, -0.2) is 0 Å². The predicted octanol–water partition coefficient (Wildman–Crippen LogP) is 4.95. The Morgan fingerprint density at radius 1 is 0.773 bits per heavy atom. The highest BCUT2D eigenvalue weighted by atomic mass is 16.5. The number of ether oxygens (including phenoxy) is 1. The largest absolute Gasteiger partial charge is 0.457 e. The summed E-state index contributed by atoms with van der Waals surface area (Å²) >= 11 is 0. The molecule has 0 heterocycles. The Labute approximate surface area is 129 Å². The number of hydrogen-bond acceptors (Lipinski definition) is 3. The molecule has 0 aliphatic carbocycles. The molecule has 1 N–H and O–H groups in total. The monoisotopic (exact) mass is 289 g/mol. The first-order valence-electron chi connectivity index (χ1n) is 6.96. The Morgan fingerprint density at radius 3 is 2.18 bits per heavy atom. The highest BCUT2D eigenvalue weighted by Crippen LogP contribution is 2.32. The van der Waals surface area contributed by atoms with Gasteiger partial charge in [-0.2, -0.15) is 0 Å². The minimum atomic E-state index is 0.735. The van der Waals surface area contributed by atoms with Gasteiger partial charge in [-0.05, 0) is 41.5 Å². The van der Waals surface area contributed by atoms with Crippen LogP contribution in [0.2, 0.25) is 0 Å². The fraction of sp³-hybridized carbons (Fsp3) is 0. The first-order valence-corrected chi connectivity index (χ1v) is 6.96. The molecule has 0 saturated heterocycles. The molecule has 0 fully saturated rings. The van der Waals surface area contributed by atoms with Crippen molar-refractivity contribution >= 4 is 6.21 Å². The van der Waals surface area contributed by atoms with Crippen molar-refractivity contribution in [1.29, 1.82) is 0 Å². The smallest absolute Gasteiger partial charge is 0.135 e. The average Bonchev–Trinajstić information content (AvgIpc) is 2.58. The molecule has 3 aromatic carbocycles. The van der Waals surface area contributed by atoms with E-state index >= 15 is 0 Å². The topological polar surface area (TPSA) is 41.8 Å². The molecule has 0 amide bonds. The van der Waals surface area contributed by atoms with Crippen molar-refractivity contribution in [2.75, 3.05) is 0 Å². The van der Waals surface area contributed by atoms with Crippen LogP contribution in [0.15, 0.2) is 84.0 Å². The zero-order valence-corrected chi connectivity index (χ0v) is 11.9. The summed E-state index contributed by atoms with van der Waals surface area (Å²) < 4.78 is 5.99. The molecule has 0 atom stereocenters. The van der Waals surface area contributed by atoms with Gasteiger partial charge in [-0.3, -0.25) is 0 Å². The maximum absolute atomic E-state index is 8.52. The van der Waals surface area contributed by atoms with Crippen molar-refractivity contribution in [2.24, 2.45) is 5.16 Å². The minimum absolute atomic E-state index is 0.735. The molecule has 3 nitrogen and oxygen atoms in total. The van der Waals surface area contributed by atoms with Crippen LogP contribution in [0.5, 0.6) is 11.5 Å². The third-order valence-electron chi connectivity index (χ3n) is 3.29. The van der Waals surface area contributed by atoms with E-state index in [0.717, 1.165) is 28.2 Å². The Morgan fingerprint density at radius 2 is 1.45 bits per heavy atom. The van der Waals surface area contributed by atoms with E-state index in [0.29, 0.717) is 0 Å². The van der Waals surface area contributed by atoms with Crippen LogP contribution in [0.1, 0.15) is 5.56 Å². The van der Waals surface area contributed by atoms with E-state index in [2.05, 4.69) is 17.3 Å². The van der Waals surface area contributed by atoms with Crippen molar-refractivity contribution < 1.29 is 9.94 Å². The summed E-state index contributed by atoms with van der Waals surface area (Å²) in [6.45, 7) is 0. The van der Waals surface area contributed by atoms with Crippen LogP contribution < -0.4 is 4.74 Å². The lowest BCUT2D eigenvalue weighted by Crippen LogP contribution is -1.89. The van der Waals surface area contributed by atoms with Gasteiger partial charge < -0.3 is 9.94 Å². The van der Waals surface area contributed by atoms with E-state index in [-0.39, 0.29) is 0 Å². The fourth-order valence-electron chi connectivity index (χ4n) is 2.23. The van der Waals surface area contributed by atoms with Gasteiger partial charge in [-0.15, -0.1) is 0 Å². The van der Waals surface area contributed by atoms with E-state index in [9.17, 15) is 0 Å². The summed E-state index contributed by atoms with van der Waals surface area (Å²) in [7, 11) is 0. The molecule has 0 bridgehead atoms. The zero-order chi connectivity index (χ0) is 15.2. The van der Waals surface area contributed by atoms with Crippen molar-refractivity contribution in [2.45, 2.75) is 0 Å². The minimum Gasteiger partial charge on any atom is -0.457 e. The highest BCUT2D eigenvalue weighted by molar-refractivity contribution is 5.79. The van der Waals surface area contributed by atoms with E-state index in [4.69, 9.17) is 9.94 Å². The number of nitrogens with zero attached hydrogens (tertiary/aromatic N) is 1. The molecular weight excluding hydrogens is 274 g/mol. The lowest BCUT2D eigenvalue weighted by atomic mass is 10.0. The van der Waals surface area contributed by atoms with Crippen LogP contribution in [-0.2, 0) is 0 Å². The molecule has 3 aromatic rings. The maximum Gasteiger partial charge on any atom is 0.135 e. The van der Waals surface area contributed by atoms with Crippen LogP contribution in [0.25, 0.3) is 11.1 Å². The molecule has 108 valence electrons. The average molecular weight is 289 g/mol. The first kappa shape index (κ1) is 13.9. The second-order valence-corrected chi connectivity index (χ2v) is 4.78. The lowest BCUT2D eigenvalue weighted by Gasteiger charge is -2.11. The summed E-state index contributed by atoms with van der Waals surface area (Å²) in [4.78, 5) is 0. The SMILES string of the molecule is ON=Cc1ccc(Oc2ccccc2-c2ccccc2)cc1. The Bertz CT molecular complexity index is 765. The van der Waals surface area contributed by atoms with Crippen molar-refractivity contribution in [1.82, 2.24) is 0 Å². The van der Waals surface area contributed by atoms with E-state index in [1.54, 1.807) is 0 Å². The molecule has 0 unspecified atom stereocenters. The number of oxime groups is 1. The van der Waals surface area contributed by atoms with Crippen LogP contribution in [0.3, 0.4) is 0 Å². The second-order valence-electron chi connectivity index (χ2n) is 4.78. The maximum atomic E-state index is 8.52. The van der Waals surface area contributed by atoms with Crippen LogP contribution in [-0.4, -0.2) is 11.4 Å². The van der Waals surface area contributed by atoms with E-state index < -0.39 is 0 Å². The van der Waals surface area contributed by atoms with Gasteiger partial charge in [0.25, 0.3) is 0 Å². The molecular formula is C19H15NO2. The normalized spacial score (nSPS) is 10.7. The van der Waals surface area contributed by atoms with Gasteiger partial charge in [0.1, 0.15) is 11.5 Å². The molecule has 0 aliphatic rings. The fourth-order valence-corrected chi connectivity index (χ4v) is 2.23. The van der Waals surface area contributed by atoms with Crippen LogP contribution in [0.4, 0.5) is 0 Å². The molecule has 0 aromatic heterocycles. The van der Waals surface area contributed by atoms with Gasteiger partial charge >= 0.3 is 0 Å². The molecule has 3 heteroatoms. The summed E-state index contributed by atoms with van der Waals surface area (Å²) in [5.41, 5.74) is 2.97. The molecule has 22 heavy (non-hydrogen) atoms. The Hall–Kier alpha value is -3.07. The number of hydrogen-bond donors (Lipinski definition) is 1. The lowest BCUT2D eigenvalue weighted by molar-refractivity contribution is 0.322. The Kier molecular flexibility index (Phi) is 4.16. The second kappa shape index (κ2) is 6.59. The predicted molar refractivity (Wildman–Crippen MR) is 87.8 cm³/mol. The van der Waals surface area contributed by atoms with Crippen LogP contribution in [0, 0.1) is 0 Å². The summed E-state index contributed by atoms with van der Waals surface area (Å²) in [6, 6.07) is 25.4. The van der Waals surface area contributed by atoms with Gasteiger partial charge in [0.15, 0.2) is 0 Å². The van der Waals surface area contributed by atoms with Gasteiger partial charge in [0.05, 0.1) is 6.21 Å². The quantitative estimate of drug-likeness (QED) is 0.419. The van der Waals surface area contributed by atoms with Gasteiger partial charge in [-0.1, -0.05) is 53.7 Å². The van der Waals surface area contributed by atoms with Gasteiger partial charge in [0.2, 0.25) is 0 Å². The molecule has 0 spiro atoms. The number of rotatable bonds is 4. The van der Waals surface area contributed by atoms with Crippen molar-refractivity contribution in [3.63, 3.8) is 0 Å². The molecule has 0 radical (unpaired) electrons. The van der Waals surface area contributed by atoms with Gasteiger partial charge in [0, 0.05) is 5.56 Å². The van der Waals surface area contributed by atoms with E-state index in [1.807, 2.05) is 66.7 Å². The Balaban J connectivity index is 1.90. The van der Waals surface area contributed by atoms with Crippen molar-refractivity contribution in [3.05, 3.63) is 84.4 Å². The summed E-state index contributed by atoms with van der Waals surface area (Å²) in [5.74, 6) is 1.54. The third-order valence-corrected chi connectivity index (χ3v) is 3.29. The highest BCUT2D eigenvalue weighted by Gasteiger charge is 2.06. The number of para-hydroxylation sites is 1. The van der Waals surface area contributed by atoms with Crippen molar-refractivity contribution in [3.8, 4) is 22.6 Å². The standard InChI is InChI=1S/C19H15NO2/c21-20-14-15-10-12-17(13-11-15)22-19-9-5-4-8-18(19)16-6-2-1-3-7-16/h1-14,21H. The molecule has 0 aliphatic heterocycles. The zero-order valence-electron chi connectivity index (χ0n) is 11.9. The summed E-state index contributed by atoms with van der Waals surface area (Å²) in [6.07, 6.45) is 1.38. The van der Waals surface area contributed by atoms with Crippen LogP contribution >= 0.6 is 0 Å². The first-order chi connectivity index (χ1) is 10.9. The molecule has 3 rings (SSSR count). The molecule has 0 saturated carbocycles. The van der Waals surface area contributed by atoms with E-state index in [1.165, 1.54) is 6.21 Å². The summed E-state index contributed by atoms with van der Waals surface area (Å²) in [5, 5.41) is 11.5.